The van der Waals surface area contributed by atoms with Gasteiger partial charge in [-0.2, -0.15) is 0 Å². The van der Waals surface area contributed by atoms with Crippen molar-refractivity contribution in [1.82, 2.24) is 9.97 Å². The molecule has 0 aromatic carbocycles. The Bertz CT molecular complexity index is 361. The van der Waals surface area contributed by atoms with Gasteiger partial charge in [0.2, 0.25) is 5.91 Å². The number of hydrogen-bond acceptors (Lipinski definition) is 4. The van der Waals surface area contributed by atoms with Crippen LogP contribution in [0.3, 0.4) is 0 Å². The lowest BCUT2D eigenvalue weighted by molar-refractivity contribution is -0.117. The average Bonchev–Trinajstić information content (AvgIpc) is 1.99. The summed E-state index contributed by atoms with van der Waals surface area (Å²) in [5, 5.41) is 2.87. The number of aromatic nitrogens is 2. The minimum atomic E-state index is -0.541. The van der Waals surface area contributed by atoms with Crippen LogP contribution >= 0.6 is 11.6 Å². The molecule has 0 aliphatic carbocycles. The topological polar surface area (TPSA) is 80.9 Å². The van der Waals surface area contributed by atoms with Gasteiger partial charge in [0, 0.05) is 18.0 Å². The standard InChI is InChI=1S/C9H13ClN4O/c1-9(2,11)4-8(15)14-7-3-6(10)12-5-13-7/h3,5H,4,11H2,1-2H3,(H,12,13,14,15). The van der Waals surface area contributed by atoms with Crippen LogP contribution in [0.1, 0.15) is 20.3 Å². The molecule has 0 bridgehead atoms. The molecule has 3 N–H and O–H groups in total. The maximum absolute atomic E-state index is 11.4. The SMILES string of the molecule is CC(C)(N)CC(=O)Nc1cc(Cl)ncn1. The number of amides is 1. The Morgan fingerprint density at radius 1 is 1.60 bits per heavy atom. The third-order valence-corrected chi connectivity index (χ3v) is 1.72. The van der Waals surface area contributed by atoms with Gasteiger partial charge in [0.05, 0.1) is 0 Å². The molecule has 0 aliphatic heterocycles. The monoisotopic (exact) mass is 228 g/mol. The molecule has 1 rings (SSSR count). The van der Waals surface area contributed by atoms with Gasteiger partial charge in [-0.1, -0.05) is 11.6 Å². The summed E-state index contributed by atoms with van der Waals surface area (Å²) >= 11 is 5.63. The quantitative estimate of drug-likeness (QED) is 0.762. The van der Waals surface area contributed by atoms with E-state index in [2.05, 4.69) is 15.3 Å². The fraction of sp³-hybridized carbons (Fsp3) is 0.444. The van der Waals surface area contributed by atoms with Crippen LogP contribution in [0.4, 0.5) is 5.82 Å². The van der Waals surface area contributed by atoms with E-state index < -0.39 is 5.54 Å². The molecule has 82 valence electrons. The molecule has 0 saturated carbocycles. The third kappa shape index (κ3) is 4.71. The van der Waals surface area contributed by atoms with Gasteiger partial charge in [-0.3, -0.25) is 4.79 Å². The highest BCUT2D eigenvalue weighted by molar-refractivity contribution is 6.29. The second-order valence-electron chi connectivity index (χ2n) is 3.94. The van der Waals surface area contributed by atoms with Crippen LogP contribution in [-0.4, -0.2) is 21.4 Å². The minimum Gasteiger partial charge on any atom is -0.325 e. The molecule has 0 radical (unpaired) electrons. The molecule has 1 aromatic heterocycles. The minimum absolute atomic E-state index is 0.197. The molecule has 0 aliphatic rings. The normalized spacial score (nSPS) is 11.2. The van der Waals surface area contributed by atoms with Crippen molar-refractivity contribution >= 4 is 23.3 Å². The first-order valence-electron chi connectivity index (χ1n) is 4.43. The molecular formula is C9H13ClN4O. The zero-order valence-electron chi connectivity index (χ0n) is 8.62. The van der Waals surface area contributed by atoms with Gasteiger partial charge in [0.25, 0.3) is 0 Å². The predicted molar refractivity (Wildman–Crippen MR) is 58.6 cm³/mol. The summed E-state index contributed by atoms with van der Waals surface area (Å²) in [6, 6.07) is 1.48. The summed E-state index contributed by atoms with van der Waals surface area (Å²) in [7, 11) is 0. The maximum Gasteiger partial charge on any atom is 0.227 e. The summed E-state index contributed by atoms with van der Waals surface area (Å²) in [6.07, 6.45) is 1.50. The van der Waals surface area contributed by atoms with Crippen LogP contribution in [0.5, 0.6) is 0 Å². The molecule has 0 spiro atoms. The first-order valence-corrected chi connectivity index (χ1v) is 4.81. The van der Waals surface area contributed by atoms with Crippen molar-refractivity contribution in [3.8, 4) is 0 Å². The number of carbonyl (C=O) groups excluding carboxylic acids is 1. The largest absolute Gasteiger partial charge is 0.325 e. The Kier molecular flexibility index (Phi) is 3.60. The van der Waals surface area contributed by atoms with E-state index in [0.717, 1.165) is 0 Å². The summed E-state index contributed by atoms with van der Waals surface area (Å²) < 4.78 is 0. The molecule has 1 aromatic rings. The van der Waals surface area contributed by atoms with Crippen molar-refractivity contribution in [2.24, 2.45) is 5.73 Å². The van der Waals surface area contributed by atoms with E-state index in [0.29, 0.717) is 5.82 Å². The highest BCUT2D eigenvalue weighted by Crippen LogP contribution is 2.10. The Morgan fingerprint density at radius 3 is 2.80 bits per heavy atom. The number of halogens is 1. The van der Waals surface area contributed by atoms with Gasteiger partial charge in [-0.25, -0.2) is 9.97 Å². The second kappa shape index (κ2) is 4.55. The number of nitrogens with two attached hydrogens (primary N) is 1. The number of anilines is 1. The number of hydrogen-bond donors (Lipinski definition) is 2. The maximum atomic E-state index is 11.4. The van der Waals surface area contributed by atoms with Crippen LogP contribution in [0.25, 0.3) is 0 Å². The Balaban J connectivity index is 2.59. The number of carbonyl (C=O) groups is 1. The molecule has 0 unspecified atom stereocenters. The van der Waals surface area contributed by atoms with Crippen molar-refractivity contribution in [2.75, 3.05) is 5.32 Å². The van der Waals surface area contributed by atoms with Gasteiger partial charge in [0.1, 0.15) is 17.3 Å². The summed E-state index contributed by atoms with van der Waals surface area (Å²) in [4.78, 5) is 19.0. The summed E-state index contributed by atoms with van der Waals surface area (Å²) in [5.41, 5.74) is 5.16. The van der Waals surface area contributed by atoms with Crippen molar-refractivity contribution in [3.05, 3.63) is 17.5 Å². The van der Waals surface area contributed by atoms with E-state index in [1.807, 2.05) is 0 Å². The lowest BCUT2D eigenvalue weighted by Crippen LogP contribution is -2.36. The summed E-state index contributed by atoms with van der Waals surface area (Å²) in [5.74, 6) is 0.182. The molecular weight excluding hydrogens is 216 g/mol. The first kappa shape index (κ1) is 11.9. The fourth-order valence-electron chi connectivity index (χ4n) is 1.00. The Hall–Kier alpha value is -1.20. The second-order valence-corrected chi connectivity index (χ2v) is 4.33. The molecule has 0 fully saturated rings. The molecule has 1 amide bonds. The smallest absolute Gasteiger partial charge is 0.227 e. The van der Waals surface area contributed by atoms with Crippen molar-refractivity contribution < 1.29 is 4.79 Å². The van der Waals surface area contributed by atoms with Crippen molar-refractivity contribution in [1.29, 1.82) is 0 Å². The van der Waals surface area contributed by atoms with E-state index >= 15 is 0 Å². The molecule has 15 heavy (non-hydrogen) atoms. The van der Waals surface area contributed by atoms with Crippen LogP contribution < -0.4 is 11.1 Å². The van der Waals surface area contributed by atoms with Gasteiger partial charge < -0.3 is 11.1 Å². The highest BCUT2D eigenvalue weighted by Gasteiger charge is 2.16. The highest BCUT2D eigenvalue weighted by atomic mass is 35.5. The molecule has 6 heteroatoms. The van der Waals surface area contributed by atoms with E-state index in [9.17, 15) is 4.79 Å². The summed E-state index contributed by atoms with van der Waals surface area (Å²) in [6.45, 7) is 3.55. The molecule has 5 nitrogen and oxygen atoms in total. The number of nitrogens with one attached hydrogen (secondary N) is 1. The van der Waals surface area contributed by atoms with E-state index in [-0.39, 0.29) is 17.5 Å². The first-order chi connectivity index (χ1) is 6.87. The van der Waals surface area contributed by atoms with Gasteiger partial charge in [-0.15, -0.1) is 0 Å². The van der Waals surface area contributed by atoms with Gasteiger partial charge in [-0.05, 0) is 13.8 Å². The van der Waals surface area contributed by atoms with Crippen LogP contribution in [-0.2, 0) is 4.79 Å². The average molecular weight is 229 g/mol. The van der Waals surface area contributed by atoms with E-state index in [4.69, 9.17) is 17.3 Å². The van der Waals surface area contributed by atoms with Gasteiger partial charge in [0.15, 0.2) is 0 Å². The van der Waals surface area contributed by atoms with E-state index in [1.54, 1.807) is 13.8 Å². The van der Waals surface area contributed by atoms with E-state index in [1.165, 1.54) is 12.4 Å². The number of rotatable bonds is 3. The van der Waals surface area contributed by atoms with Crippen LogP contribution in [0.15, 0.2) is 12.4 Å². The van der Waals surface area contributed by atoms with Crippen LogP contribution in [0.2, 0.25) is 5.15 Å². The molecule has 0 atom stereocenters. The predicted octanol–water partition coefficient (Wildman–Crippen LogP) is 1.20. The molecule has 1 heterocycles. The van der Waals surface area contributed by atoms with Gasteiger partial charge >= 0.3 is 0 Å². The fourth-order valence-corrected chi connectivity index (χ4v) is 1.15. The van der Waals surface area contributed by atoms with Crippen molar-refractivity contribution in [2.45, 2.75) is 25.8 Å². The van der Waals surface area contributed by atoms with Crippen LogP contribution in [0, 0.1) is 0 Å². The molecule has 0 saturated heterocycles. The Morgan fingerprint density at radius 2 is 2.27 bits per heavy atom. The zero-order chi connectivity index (χ0) is 11.5. The number of nitrogens with zero attached hydrogens (tertiary/aromatic N) is 2. The Labute approximate surface area is 93.0 Å². The third-order valence-electron chi connectivity index (χ3n) is 1.52. The zero-order valence-corrected chi connectivity index (χ0v) is 9.38. The van der Waals surface area contributed by atoms with Crippen molar-refractivity contribution in [3.63, 3.8) is 0 Å². The lowest BCUT2D eigenvalue weighted by Gasteiger charge is -2.17. The lowest BCUT2D eigenvalue weighted by atomic mass is 10.0.